The van der Waals surface area contributed by atoms with Gasteiger partial charge in [-0.1, -0.05) is 0 Å². The summed E-state index contributed by atoms with van der Waals surface area (Å²) < 4.78 is 1.20. The molecule has 0 unspecified atom stereocenters. The fourth-order valence-corrected chi connectivity index (χ4v) is 1.95. The van der Waals surface area contributed by atoms with Gasteiger partial charge in [0.15, 0.2) is 0 Å². The first-order valence-corrected chi connectivity index (χ1v) is 5.32. The van der Waals surface area contributed by atoms with Gasteiger partial charge in [-0.25, -0.2) is 0 Å². The van der Waals surface area contributed by atoms with Crippen molar-refractivity contribution in [2.45, 2.75) is 0 Å². The number of aromatic hydroxyl groups is 1. The van der Waals surface area contributed by atoms with Gasteiger partial charge in [-0.15, -0.1) is 0 Å². The SMILES string of the molecule is Oc1ccc([Se]/C=C/Cl)cc1. The van der Waals surface area contributed by atoms with E-state index in [1.807, 2.05) is 17.1 Å². The molecule has 0 spiro atoms. The van der Waals surface area contributed by atoms with Gasteiger partial charge in [-0.3, -0.25) is 0 Å². The van der Waals surface area contributed by atoms with Crippen LogP contribution < -0.4 is 4.46 Å². The number of phenolic OH excluding ortho intramolecular Hbond substituents is 1. The molecule has 1 nitrogen and oxygen atoms in total. The Bertz CT molecular complexity index is 243. The summed E-state index contributed by atoms with van der Waals surface area (Å²) in [6, 6.07) is 7.15. The number of halogens is 1. The number of rotatable bonds is 2. The summed E-state index contributed by atoms with van der Waals surface area (Å²) in [6.07, 6.45) is 0. The van der Waals surface area contributed by atoms with Crippen LogP contribution in [0.1, 0.15) is 0 Å². The third kappa shape index (κ3) is 2.98. The molecule has 1 rings (SSSR count). The Morgan fingerprint density at radius 2 is 1.91 bits per heavy atom. The molecule has 58 valence electrons. The summed E-state index contributed by atoms with van der Waals surface area (Å²) in [4.78, 5) is 1.92. The zero-order valence-corrected chi connectivity index (χ0v) is 8.17. The summed E-state index contributed by atoms with van der Waals surface area (Å²) >= 11 is 5.66. The molecule has 0 aliphatic heterocycles. The average Bonchev–Trinajstić information content (AvgIpc) is 2.04. The van der Waals surface area contributed by atoms with E-state index in [-0.39, 0.29) is 15.0 Å². The van der Waals surface area contributed by atoms with E-state index in [9.17, 15) is 0 Å². The number of benzene rings is 1. The van der Waals surface area contributed by atoms with Crippen LogP contribution in [0.5, 0.6) is 5.75 Å². The van der Waals surface area contributed by atoms with Crippen molar-refractivity contribution < 1.29 is 5.11 Å². The summed E-state index contributed by atoms with van der Waals surface area (Å²) in [7, 11) is 0. The third-order valence-electron chi connectivity index (χ3n) is 1.09. The molecule has 0 radical (unpaired) electrons. The molecular weight excluding hydrogens is 226 g/mol. The molecule has 1 N–H and O–H groups in total. The Hall–Kier alpha value is -0.431. The first-order chi connectivity index (χ1) is 5.33. The van der Waals surface area contributed by atoms with Crippen molar-refractivity contribution in [3.8, 4) is 5.75 Å². The van der Waals surface area contributed by atoms with Gasteiger partial charge in [0.05, 0.1) is 0 Å². The number of hydrogen-bond acceptors (Lipinski definition) is 1. The predicted molar refractivity (Wildman–Crippen MR) is 48.5 cm³/mol. The summed E-state index contributed by atoms with van der Waals surface area (Å²) in [5, 5.41) is 8.94. The zero-order valence-electron chi connectivity index (χ0n) is 5.70. The van der Waals surface area contributed by atoms with Crippen molar-refractivity contribution >= 4 is 31.0 Å². The normalized spacial score (nSPS) is 10.6. The Morgan fingerprint density at radius 3 is 2.45 bits per heavy atom. The van der Waals surface area contributed by atoms with Crippen molar-refractivity contribution in [1.29, 1.82) is 0 Å². The molecule has 0 saturated heterocycles. The minimum atomic E-state index is 0.287. The second kappa shape index (κ2) is 4.45. The summed E-state index contributed by atoms with van der Waals surface area (Å²) in [5.74, 6) is 0.305. The van der Waals surface area contributed by atoms with E-state index < -0.39 is 0 Å². The van der Waals surface area contributed by atoms with Crippen LogP contribution in [0, 0.1) is 0 Å². The van der Waals surface area contributed by atoms with Crippen LogP contribution in [0.25, 0.3) is 0 Å². The molecule has 1 aromatic carbocycles. The van der Waals surface area contributed by atoms with E-state index >= 15 is 0 Å². The predicted octanol–water partition coefficient (Wildman–Crippen LogP) is 1.43. The van der Waals surface area contributed by atoms with Crippen LogP contribution in [0.15, 0.2) is 34.8 Å². The Labute approximate surface area is 76.8 Å². The van der Waals surface area contributed by atoms with Gasteiger partial charge < -0.3 is 0 Å². The van der Waals surface area contributed by atoms with Crippen LogP contribution in [0.2, 0.25) is 0 Å². The fraction of sp³-hybridized carbons (Fsp3) is 0. The monoisotopic (exact) mass is 234 g/mol. The average molecular weight is 234 g/mol. The molecule has 0 aliphatic rings. The molecule has 0 aliphatic carbocycles. The van der Waals surface area contributed by atoms with Crippen LogP contribution in [-0.2, 0) is 0 Å². The zero-order chi connectivity index (χ0) is 8.10. The first kappa shape index (κ1) is 8.66. The Balaban J connectivity index is 2.66. The molecule has 0 saturated carbocycles. The van der Waals surface area contributed by atoms with Crippen LogP contribution in [0.4, 0.5) is 0 Å². The molecule has 11 heavy (non-hydrogen) atoms. The summed E-state index contributed by atoms with van der Waals surface area (Å²) in [6.45, 7) is 0. The van der Waals surface area contributed by atoms with Crippen molar-refractivity contribution in [3.63, 3.8) is 0 Å². The summed E-state index contributed by atoms with van der Waals surface area (Å²) in [5.41, 5.74) is 1.52. The fourth-order valence-electron chi connectivity index (χ4n) is 0.629. The van der Waals surface area contributed by atoms with Gasteiger partial charge in [0.1, 0.15) is 0 Å². The first-order valence-electron chi connectivity index (χ1n) is 3.04. The van der Waals surface area contributed by atoms with Crippen molar-refractivity contribution in [3.05, 3.63) is 34.8 Å². The van der Waals surface area contributed by atoms with Crippen molar-refractivity contribution in [1.82, 2.24) is 0 Å². The minimum absolute atomic E-state index is 0.287. The van der Waals surface area contributed by atoms with Crippen LogP contribution in [-0.4, -0.2) is 20.1 Å². The van der Waals surface area contributed by atoms with E-state index in [1.165, 1.54) is 10.00 Å². The maximum atomic E-state index is 8.94. The molecule has 3 heteroatoms. The molecular formula is C8H7ClOSe. The standard InChI is InChI=1S/C8H7ClOSe/c9-5-6-11-8-3-1-7(10)2-4-8/h1-6,10H/b6-5+. The van der Waals surface area contributed by atoms with Crippen LogP contribution >= 0.6 is 11.6 Å². The van der Waals surface area contributed by atoms with Gasteiger partial charge in [-0.05, 0) is 0 Å². The van der Waals surface area contributed by atoms with Gasteiger partial charge in [-0.2, -0.15) is 0 Å². The van der Waals surface area contributed by atoms with Crippen LogP contribution in [0.3, 0.4) is 0 Å². The number of phenols is 1. The number of hydrogen-bond donors (Lipinski definition) is 1. The molecule has 0 heterocycles. The van der Waals surface area contributed by atoms with E-state index in [1.54, 1.807) is 12.1 Å². The van der Waals surface area contributed by atoms with Crippen molar-refractivity contribution in [2.24, 2.45) is 0 Å². The van der Waals surface area contributed by atoms with Gasteiger partial charge >= 0.3 is 76.7 Å². The second-order valence-corrected chi connectivity index (χ2v) is 4.18. The Morgan fingerprint density at radius 1 is 1.27 bits per heavy atom. The molecule has 0 amide bonds. The quantitative estimate of drug-likeness (QED) is 0.767. The topological polar surface area (TPSA) is 20.2 Å². The molecule has 0 aromatic heterocycles. The molecule has 1 aromatic rings. The molecule has 0 fully saturated rings. The van der Waals surface area contributed by atoms with E-state index in [0.29, 0.717) is 5.75 Å². The van der Waals surface area contributed by atoms with E-state index in [4.69, 9.17) is 16.7 Å². The second-order valence-electron chi connectivity index (χ2n) is 1.87. The third-order valence-corrected chi connectivity index (χ3v) is 3.27. The van der Waals surface area contributed by atoms with Gasteiger partial charge in [0, 0.05) is 0 Å². The Kier molecular flexibility index (Phi) is 3.50. The van der Waals surface area contributed by atoms with E-state index in [2.05, 4.69) is 0 Å². The van der Waals surface area contributed by atoms with E-state index in [0.717, 1.165) is 0 Å². The molecule has 0 bridgehead atoms. The van der Waals surface area contributed by atoms with Crippen molar-refractivity contribution in [2.75, 3.05) is 0 Å². The maximum absolute atomic E-state index is 8.94. The van der Waals surface area contributed by atoms with Gasteiger partial charge in [0.2, 0.25) is 0 Å². The molecule has 0 atom stereocenters. The van der Waals surface area contributed by atoms with Gasteiger partial charge in [0.25, 0.3) is 0 Å².